The number of unbranched alkanes of at least 4 members (excludes halogenated alkanes) is 1. The molecule has 26 heavy (non-hydrogen) atoms. The largest absolute Gasteiger partial charge is 0.384 e. The molecule has 2 N–H and O–H groups in total. The number of aromatic nitrogens is 1. The maximum atomic E-state index is 5.75. The molecule has 0 atom stereocenters. The molecule has 2 nitrogen and oxygen atoms in total. The predicted octanol–water partition coefficient (Wildman–Crippen LogP) is 7.07. The first-order chi connectivity index (χ1) is 12.3. The first-order valence-corrected chi connectivity index (χ1v) is 9.50. The number of nitrogen functional groups attached to an aromatic ring is 1. The third kappa shape index (κ3) is 7.69. The zero-order chi connectivity index (χ0) is 18.5. The smallest absolute Gasteiger partial charge is 0.124 e. The summed E-state index contributed by atoms with van der Waals surface area (Å²) in [7, 11) is 0. The molecule has 0 radical (unpaired) electrons. The van der Waals surface area contributed by atoms with Crippen LogP contribution in [0.15, 0.2) is 60.7 Å². The van der Waals surface area contributed by atoms with Crippen LogP contribution in [0, 0.1) is 0 Å². The minimum atomic E-state index is 0. The summed E-state index contributed by atoms with van der Waals surface area (Å²) in [6.45, 7) is 8.00. The highest BCUT2D eigenvalue weighted by Crippen LogP contribution is 2.17. The van der Waals surface area contributed by atoms with Gasteiger partial charge < -0.3 is 5.73 Å². The Balaban J connectivity index is 0.00000117. The first-order valence-electron chi connectivity index (χ1n) is 9.50. The van der Waals surface area contributed by atoms with Gasteiger partial charge in [0.2, 0.25) is 0 Å². The van der Waals surface area contributed by atoms with Gasteiger partial charge in [-0.1, -0.05) is 77.6 Å². The predicted molar refractivity (Wildman–Crippen MR) is 119 cm³/mol. The molecule has 0 bridgehead atoms. The number of hydrogen-bond acceptors (Lipinski definition) is 2. The molecule has 1 aromatic heterocycles. The summed E-state index contributed by atoms with van der Waals surface area (Å²) in [5.41, 5.74) is 9.51. The van der Waals surface area contributed by atoms with Gasteiger partial charge in [0.1, 0.15) is 5.82 Å². The fraction of sp³-hybridized carbons (Fsp3) is 0.375. The van der Waals surface area contributed by atoms with E-state index in [1.165, 1.54) is 24.0 Å². The fourth-order valence-electron chi connectivity index (χ4n) is 2.64. The maximum absolute atomic E-state index is 5.75. The lowest BCUT2D eigenvalue weighted by molar-refractivity contribution is 0.735. The van der Waals surface area contributed by atoms with Crippen LogP contribution in [0.2, 0.25) is 0 Å². The highest BCUT2D eigenvalue weighted by molar-refractivity contribution is 5.80. The van der Waals surface area contributed by atoms with E-state index in [1.54, 1.807) is 0 Å². The van der Waals surface area contributed by atoms with E-state index in [2.05, 4.69) is 53.5 Å². The van der Waals surface area contributed by atoms with Gasteiger partial charge in [0.25, 0.3) is 0 Å². The van der Waals surface area contributed by atoms with Crippen LogP contribution in [-0.4, -0.2) is 4.98 Å². The molecule has 0 spiro atoms. The van der Waals surface area contributed by atoms with Crippen LogP contribution in [0.25, 0.3) is 10.9 Å². The summed E-state index contributed by atoms with van der Waals surface area (Å²) < 4.78 is 0. The van der Waals surface area contributed by atoms with Crippen LogP contribution in [0.4, 0.5) is 5.82 Å². The molecular weight excluding hydrogens is 316 g/mol. The van der Waals surface area contributed by atoms with Crippen molar-refractivity contribution in [3.05, 3.63) is 71.8 Å². The van der Waals surface area contributed by atoms with Gasteiger partial charge in [0, 0.05) is 5.39 Å². The van der Waals surface area contributed by atoms with Gasteiger partial charge in [-0.05, 0) is 55.0 Å². The number of anilines is 1. The molecule has 3 rings (SSSR count). The lowest BCUT2D eigenvalue weighted by Crippen LogP contribution is -1.92. The van der Waals surface area contributed by atoms with E-state index in [0.717, 1.165) is 23.7 Å². The van der Waals surface area contributed by atoms with Crippen LogP contribution >= 0.6 is 0 Å². The minimum Gasteiger partial charge on any atom is -0.384 e. The second-order valence-corrected chi connectivity index (χ2v) is 5.46. The Hall–Kier alpha value is -2.35. The first kappa shape index (κ1) is 23.6. The number of pyridine rings is 1. The Morgan fingerprint density at radius 2 is 1.31 bits per heavy atom. The second-order valence-electron chi connectivity index (χ2n) is 5.46. The number of nitrogens with two attached hydrogens (primary N) is 1. The molecule has 0 saturated carbocycles. The van der Waals surface area contributed by atoms with E-state index in [-0.39, 0.29) is 7.43 Å². The molecule has 2 heteroatoms. The van der Waals surface area contributed by atoms with Crippen LogP contribution in [0.1, 0.15) is 59.1 Å². The third-order valence-corrected chi connectivity index (χ3v) is 3.80. The Morgan fingerprint density at radius 1 is 0.731 bits per heavy atom. The van der Waals surface area contributed by atoms with Crippen LogP contribution in [0.5, 0.6) is 0 Å². The monoisotopic (exact) mass is 352 g/mol. The van der Waals surface area contributed by atoms with Gasteiger partial charge >= 0.3 is 0 Å². The number of rotatable bonds is 5. The van der Waals surface area contributed by atoms with Gasteiger partial charge in [0.15, 0.2) is 0 Å². The minimum absolute atomic E-state index is 0. The van der Waals surface area contributed by atoms with Gasteiger partial charge in [-0.3, -0.25) is 0 Å². The zero-order valence-electron chi connectivity index (χ0n) is 16.1. The van der Waals surface area contributed by atoms with Crippen molar-refractivity contribution in [3.63, 3.8) is 0 Å². The van der Waals surface area contributed by atoms with Crippen LogP contribution < -0.4 is 5.73 Å². The van der Waals surface area contributed by atoms with E-state index in [4.69, 9.17) is 5.73 Å². The number of fused-ring (bicyclic) bond motifs is 1. The summed E-state index contributed by atoms with van der Waals surface area (Å²) >= 11 is 0. The van der Waals surface area contributed by atoms with Crippen molar-refractivity contribution >= 4 is 16.7 Å². The molecule has 0 aliphatic carbocycles. The van der Waals surface area contributed by atoms with Gasteiger partial charge in [0.05, 0.1) is 5.52 Å². The number of benzene rings is 2. The molecular formula is C24H36N2. The Morgan fingerprint density at radius 3 is 1.96 bits per heavy atom. The average molecular weight is 353 g/mol. The molecule has 3 aromatic rings. The Labute approximate surface area is 160 Å². The molecule has 0 fully saturated rings. The standard InChI is InChI=1S/C19H20N2.2C2H6.CH4/c20-19-13-12-17-11-10-16(14-18(17)21-19)9-5-4-8-15-6-2-1-3-7-15;2*1-2;/h1-3,6-7,10-14H,4-5,8-9H2,(H2,20,21);2*1-2H3;1H4. The molecule has 0 unspecified atom stereocenters. The molecule has 0 aliphatic heterocycles. The summed E-state index contributed by atoms with van der Waals surface area (Å²) in [5.74, 6) is 0.587. The molecule has 1 heterocycles. The number of aryl methyl sites for hydroxylation is 2. The summed E-state index contributed by atoms with van der Waals surface area (Å²) in [6, 6.07) is 21.0. The topological polar surface area (TPSA) is 38.9 Å². The van der Waals surface area contributed by atoms with Crippen molar-refractivity contribution in [2.75, 3.05) is 5.73 Å². The molecule has 2 aromatic carbocycles. The van der Waals surface area contributed by atoms with Crippen LogP contribution in [-0.2, 0) is 12.8 Å². The summed E-state index contributed by atoms with van der Waals surface area (Å²) in [4.78, 5) is 4.39. The number of hydrogen-bond donors (Lipinski definition) is 1. The maximum Gasteiger partial charge on any atom is 0.124 e. The summed E-state index contributed by atoms with van der Waals surface area (Å²) in [5, 5.41) is 1.15. The number of nitrogens with zero attached hydrogens (tertiary/aromatic N) is 1. The van der Waals surface area contributed by atoms with E-state index in [1.807, 2.05) is 39.8 Å². The normalized spacial score (nSPS) is 9.23. The summed E-state index contributed by atoms with van der Waals surface area (Å²) in [6.07, 6.45) is 4.66. The van der Waals surface area contributed by atoms with Crippen molar-refractivity contribution in [2.24, 2.45) is 0 Å². The van der Waals surface area contributed by atoms with Gasteiger partial charge in [-0.25, -0.2) is 4.98 Å². The molecule has 142 valence electrons. The SMILES string of the molecule is C.CC.CC.Nc1ccc2ccc(CCCCc3ccccc3)cc2n1. The molecule has 0 saturated heterocycles. The van der Waals surface area contributed by atoms with Gasteiger partial charge in [-0.2, -0.15) is 0 Å². The fourth-order valence-corrected chi connectivity index (χ4v) is 2.64. The van der Waals surface area contributed by atoms with Crippen LogP contribution in [0.3, 0.4) is 0 Å². The van der Waals surface area contributed by atoms with E-state index in [9.17, 15) is 0 Å². The highest BCUT2D eigenvalue weighted by atomic mass is 14.8. The van der Waals surface area contributed by atoms with Crippen molar-refractivity contribution < 1.29 is 0 Å². The Bertz CT molecular complexity index is 721. The lowest BCUT2D eigenvalue weighted by Gasteiger charge is -2.05. The van der Waals surface area contributed by atoms with E-state index >= 15 is 0 Å². The third-order valence-electron chi connectivity index (χ3n) is 3.80. The van der Waals surface area contributed by atoms with Crippen molar-refractivity contribution in [2.45, 2.75) is 60.8 Å². The zero-order valence-corrected chi connectivity index (χ0v) is 16.1. The average Bonchev–Trinajstić information content (AvgIpc) is 2.69. The lowest BCUT2D eigenvalue weighted by atomic mass is 10.0. The van der Waals surface area contributed by atoms with Crippen molar-refractivity contribution in [1.29, 1.82) is 0 Å². The Kier molecular flexibility index (Phi) is 12.6. The van der Waals surface area contributed by atoms with E-state index < -0.39 is 0 Å². The van der Waals surface area contributed by atoms with E-state index in [0.29, 0.717) is 5.82 Å². The molecule has 0 aliphatic rings. The van der Waals surface area contributed by atoms with Gasteiger partial charge in [-0.15, -0.1) is 0 Å². The highest BCUT2D eigenvalue weighted by Gasteiger charge is 1.99. The molecule has 0 amide bonds. The van der Waals surface area contributed by atoms with Crippen molar-refractivity contribution in [1.82, 2.24) is 4.98 Å². The quantitative estimate of drug-likeness (QED) is 0.499. The second kappa shape index (κ2) is 13.9. The van der Waals surface area contributed by atoms with Crippen molar-refractivity contribution in [3.8, 4) is 0 Å².